The van der Waals surface area contributed by atoms with Gasteiger partial charge in [0.2, 0.25) is 0 Å². The predicted octanol–water partition coefficient (Wildman–Crippen LogP) is 4.32. The van der Waals surface area contributed by atoms with E-state index >= 15 is 0 Å². The van der Waals surface area contributed by atoms with Gasteiger partial charge in [-0.05, 0) is 50.5 Å². The molecule has 0 radical (unpaired) electrons. The van der Waals surface area contributed by atoms with E-state index in [1.54, 1.807) is 0 Å². The number of aliphatic hydroxyl groups is 1. The van der Waals surface area contributed by atoms with Crippen LogP contribution in [0.2, 0.25) is 0 Å². The van der Waals surface area contributed by atoms with Gasteiger partial charge in [0.05, 0.1) is 17.2 Å². The van der Waals surface area contributed by atoms with Crippen LogP contribution in [-0.4, -0.2) is 39.7 Å². The summed E-state index contributed by atoms with van der Waals surface area (Å²) < 4.78 is 6.20. The number of halogens is 1. The first-order valence-corrected chi connectivity index (χ1v) is 11.2. The zero-order chi connectivity index (χ0) is 21.6. The van der Waals surface area contributed by atoms with Crippen molar-refractivity contribution in [3.05, 3.63) is 35.9 Å². The average molecular weight is 422 g/mol. The normalized spacial score (nSPS) is 31.7. The number of carbonyl (C=O) groups is 1. The molecule has 4 unspecified atom stereocenters. The van der Waals surface area contributed by atoms with Crippen molar-refractivity contribution in [2.24, 2.45) is 17.3 Å². The first kappa shape index (κ1) is 22.7. The van der Waals surface area contributed by atoms with Crippen molar-refractivity contribution in [2.45, 2.75) is 89.7 Å². The quantitative estimate of drug-likeness (QED) is 0.508. The van der Waals surface area contributed by atoms with Gasteiger partial charge in [0, 0.05) is 12.3 Å². The summed E-state index contributed by atoms with van der Waals surface area (Å²) in [5, 5.41) is 14.5. The van der Waals surface area contributed by atoms with Gasteiger partial charge in [-0.25, -0.2) is 0 Å². The third-order valence-electron chi connectivity index (χ3n) is 6.88. The Morgan fingerprint density at radius 3 is 2.45 bits per heavy atom. The van der Waals surface area contributed by atoms with Gasteiger partial charge in [-0.15, -0.1) is 11.6 Å². The molecule has 2 fully saturated rings. The number of fused-ring (bicyclic) bond motifs is 1. The number of hydrogen-bond acceptors (Lipinski definition) is 4. The lowest BCUT2D eigenvalue weighted by Gasteiger charge is -2.36. The summed E-state index contributed by atoms with van der Waals surface area (Å²) in [6.07, 6.45) is 1.05. The number of alkyl halides is 1. The number of carbonyl (C=O) groups excluding carboxylic acids is 1. The van der Waals surface area contributed by atoms with Crippen molar-refractivity contribution in [3.8, 4) is 0 Å². The molecule has 0 heterocycles. The lowest BCUT2D eigenvalue weighted by atomic mass is 9.84. The van der Waals surface area contributed by atoms with Gasteiger partial charge in [-0.2, -0.15) is 0 Å². The summed E-state index contributed by atoms with van der Waals surface area (Å²) in [7, 11) is 0. The Kier molecular flexibility index (Phi) is 6.24. The lowest BCUT2D eigenvalue weighted by Crippen LogP contribution is -2.57. The summed E-state index contributed by atoms with van der Waals surface area (Å²) in [5.41, 5.74) is -0.913. The molecule has 1 aromatic rings. The fraction of sp³-hybridized carbons (Fsp3) is 0.708. The van der Waals surface area contributed by atoms with Crippen molar-refractivity contribution in [2.75, 3.05) is 0 Å². The summed E-state index contributed by atoms with van der Waals surface area (Å²) >= 11 is 6.72. The molecule has 3 rings (SSSR count). The summed E-state index contributed by atoms with van der Waals surface area (Å²) in [6.45, 7) is 12.2. The van der Waals surface area contributed by atoms with Crippen molar-refractivity contribution in [1.29, 1.82) is 0 Å². The van der Waals surface area contributed by atoms with E-state index in [1.165, 1.54) is 0 Å². The van der Waals surface area contributed by atoms with Crippen molar-refractivity contribution >= 4 is 17.4 Å². The molecule has 2 aliphatic carbocycles. The second kappa shape index (κ2) is 7.96. The highest BCUT2D eigenvalue weighted by Crippen LogP contribution is 2.67. The molecule has 0 aliphatic heterocycles. The molecular formula is C24H36ClNO3. The van der Waals surface area contributed by atoms with Crippen LogP contribution in [0.5, 0.6) is 0 Å². The van der Waals surface area contributed by atoms with E-state index in [9.17, 15) is 9.90 Å². The molecule has 6 atom stereocenters. The highest BCUT2D eigenvalue weighted by Gasteiger charge is 2.76. The number of aliphatic hydroxyl groups excluding tert-OH is 1. The van der Waals surface area contributed by atoms with E-state index < -0.39 is 28.8 Å². The molecule has 0 amide bonds. The molecule has 2 N–H and O–H groups in total. The van der Waals surface area contributed by atoms with Gasteiger partial charge in [0.25, 0.3) is 0 Å². The number of rotatable bonds is 7. The minimum atomic E-state index is -0.951. The average Bonchev–Trinajstić information content (AvgIpc) is 3.12. The third-order valence-corrected chi connectivity index (χ3v) is 7.25. The fourth-order valence-electron chi connectivity index (χ4n) is 5.26. The van der Waals surface area contributed by atoms with E-state index in [4.69, 9.17) is 16.3 Å². The Labute approximate surface area is 180 Å². The molecule has 0 aromatic heterocycles. The molecule has 29 heavy (non-hydrogen) atoms. The Morgan fingerprint density at radius 2 is 1.86 bits per heavy atom. The highest BCUT2D eigenvalue weighted by atomic mass is 35.5. The Bertz CT molecular complexity index is 729. The number of hydrogen-bond donors (Lipinski definition) is 2. The molecule has 1 aromatic carbocycles. The minimum absolute atomic E-state index is 0.0208. The number of ether oxygens (including phenoxy) is 1. The smallest absolute Gasteiger partial charge is 0.156 e. The molecular weight excluding hydrogens is 386 g/mol. The molecule has 2 aliphatic rings. The van der Waals surface area contributed by atoms with Crippen LogP contribution in [0, 0.1) is 17.3 Å². The molecule has 0 spiro atoms. The lowest BCUT2D eigenvalue weighted by molar-refractivity contribution is -0.130. The first-order valence-electron chi connectivity index (χ1n) is 10.8. The van der Waals surface area contributed by atoms with Crippen LogP contribution in [0.3, 0.4) is 0 Å². The second-order valence-corrected chi connectivity index (χ2v) is 10.9. The van der Waals surface area contributed by atoms with Crippen LogP contribution in [0.1, 0.15) is 59.9 Å². The summed E-state index contributed by atoms with van der Waals surface area (Å²) in [6, 6.07) is 9.96. The van der Waals surface area contributed by atoms with Gasteiger partial charge >= 0.3 is 0 Å². The maximum atomic E-state index is 13.1. The van der Waals surface area contributed by atoms with Gasteiger partial charge < -0.3 is 9.84 Å². The van der Waals surface area contributed by atoms with E-state index in [1.807, 2.05) is 58.0 Å². The largest absolute Gasteiger partial charge is 0.387 e. The molecule has 2 saturated carbocycles. The maximum absolute atomic E-state index is 13.1. The molecule has 162 valence electrons. The summed E-state index contributed by atoms with van der Waals surface area (Å²) in [4.78, 5) is 13.1. The van der Waals surface area contributed by atoms with E-state index in [2.05, 4.69) is 19.2 Å². The van der Waals surface area contributed by atoms with Crippen LogP contribution in [0.25, 0.3) is 0 Å². The van der Waals surface area contributed by atoms with Crippen LogP contribution < -0.4 is 5.32 Å². The van der Waals surface area contributed by atoms with Crippen molar-refractivity contribution in [3.63, 3.8) is 0 Å². The summed E-state index contributed by atoms with van der Waals surface area (Å²) in [5.74, 6) is 0.517. The predicted molar refractivity (Wildman–Crippen MR) is 117 cm³/mol. The van der Waals surface area contributed by atoms with Crippen LogP contribution in [0.4, 0.5) is 0 Å². The van der Waals surface area contributed by atoms with Gasteiger partial charge in [0.15, 0.2) is 5.78 Å². The highest BCUT2D eigenvalue weighted by molar-refractivity contribution is 6.21. The Morgan fingerprint density at radius 1 is 1.24 bits per heavy atom. The van der Waals surface area contributed by atoms with Crippen molar-refractivity contribution in [1.82, 2.24) is 5.32 Å². The van der Waals surface area contributed by atoms with Crippen molar-refractivity contribution < 1.29 is 14.6 Å². The number of benzene rings is 1. The fourth-order valence-corrected chi connectivity index (χ4v) is 5.59. The zero-order valence-corrected chi connectivity index (χ0v) is 19.3. The molecule has 0 saturated heterocycles. The Balaban J connectivity index is 1.78. The Hall–Kier alpha value is -0.940. The van der Waals surface area contributed by atoms with Crippen LogP contribution in [-0.2, 0) is 16.0 Å². The van der Waals surface area contributed by atoms with Gasteiger partial charge in [-0.1, -0.05) is 51.1 Å². The zero-order valence-electron chi connectivity index (χ0n) is 18.5. The van der Waals surface area contributed by atoms with E-state index in [-0.39, 0.29) is 23.0 Å². The number of ketones is 1. The third kappa shape index (κ3) is 4.27. The van der Waals surface area contributed by atoms with Gasteiger partial charge in [-0.3, -0.25) is 10.1 Å². The van der Waals surface area contributed by atoms with Gasteiger partial charge in [0.1, 0.15) is 11.6 Å². The van der Waals surface area contributed by atoms with Crippen LogP contribution in [0.15, 0.2) is 30.3 Å². The van der Waals surface area contributed by atoms with E-state index in [0.717, 1.165) is 18.4 Å². The maximum Gasteiger partial charge on any atom is 0.156 e. The monoisotopic (exact) mass is 421 g/mol. The molecule has 0 bridgehead atoms. The minimum Gasteiger partial charge on any atom is -0.387 e. The number of Topliss-reactive ketones (excluding diaryl/α,β-unsaturated/α-hetero) is 1. The topological polar surface area (TPSA) is 58.6 Å². The SMILES string of the molecule is CC1CCC2C(C)(C)C2(NC(Cl)[C@@H](O)[C@H](Cc2ccccc2)OC(C)(C)C)C1=O. The second-order valence-electron chi connectivity index (χ2n) is 10.4. The van der Waals surface area contributed by atoms with Crippen LogP contribution >= 0.6 is 11.6 Å². The number of nitrogens with one attached hydrogen (secondary N) is 1. The van der Waals surface area contributed by atoms with E-state index in [0.29, 0.717) is 6.42 Å². The molecule has 4 nitrogen and oxygen atoms in total. The first-order chi connectivity index (χ1) is 13.4. The standard InChI is InChI=1S/C24H36ClNO3/c1-15-12-13-18-23(5,6)24(18,20(15)28)26-21(25)19(27)17(29-22(2,3)4)14-16-10-8-7-9-11-16/h7-11,15,17-19,21,26-27H,12-14H2,1-6H3/t15?,17-,18?,19-,21?,24?/m0/s1. The molecule has 5 heteroatoms.